The highest BCUT2D eigenvalue weighted by atomic mass is 35.5. The van der Waals surface area contributed by atoms with Gasteiger partial charge in [0.1, 0.15) is 0 Å². The van der Waals surface area contributed by atoms with Crippen LogP contribution in [-0.4, -0.2) is 35.8 Å². The number of carbonyl (C=O) groups is 1. The minimum absolute atomic E-state index is 0.0835. The largest absolute Gasteiger partial charge is 0.504 e. The summed E-state index contributed by atoms with van der Waals surface area (Å²) in [5.74, 6) is 1.48. The van der Waals surface area contributed by atoms with Crippen molar-refractivity contribution in [2.45, 2.75) is 24.3 Å². The van der Waals surface area contributed by atoms with Crippen molar-refractivity contribution in [3.63, 3.8) is 0 Å². The molecule has 0 radical (unpaired) electrons. The van der Waals surface area contributed by atoms with E-state index in [0.29, 0.717) is 18.7 Å². The summed E-state index contributed by atoms with van der Waals surface area (Å²) in [5.41, 5.74) is 0.865. The number of methoxy groups -OCH3 is 1. The SMILES string of the molecule is COc1ccc(CN(C)C(=O)CCCSc2ccc(Cl)cc2)cc1O. The smallest absolute Gasteiger partial charge is 0.222 e. The highest BCUT2D eigenvalue weighted by Crippen LogP contribution is 2.27. The summed E-state index contributed by atoms with van der Waals surface area (Å²) < 4.78 is 5.02. The second-order valence-corrected chi connectivity index (χ2v) is 7.27. The standard InChI is InChI=1S/C19H22ClNO3S/c1-21(13-14-5-10-18(24-2)17(22)12-14)19(23)4-3-11-25-16-8-6-15(20)7-9-16/h5-10,12,22H,3-4,11,13H2,1-2H3. The third-order valence-corrected chi connectivity index (χ3v) is 5.06. The van der Waals surface area contributed by atoms with Crippen molar-refractivity contribution in [3.8, 4) is 11.5 Å². The van der Waals surface area contributed by atoms with E-state index < -0.39 is 0 Å². The number of thioether (sulfide) groups is 1. The maximum Gasteiger partial charge on any atom is 0.222 e. The number of amides is 1. The normalized spacial score (nSPS) is 10.5. The molecule has 25 heavy (non-hydrogen) atoms. The minimum atomic E-state index is 0.0835. The molecule has 0 aliphatic carbocycles. The van der Waals surface area contributed by atoms with Crippen LogP contribution < -0.4 is 4.74 Å². The molecule has 0 bridgehead atoms. The summed E-state index contributed by atoms with van der Waals surface area (Å²) in [6, 6.07) is 12.9. The van der Waals surface area contributed by atoms with Gasteiger partial charge in [0.2, 0.25) is 5.91 Å². The molecular weight excluding hydrogens is 358 g/mol. The molecule has 6 heteroatoms. The lowest BCUT2D eigenvalue weighted by Crippen LogP contribution is -2.25. The molecule has 134 valence electrons. The molecule has 1 amide bonds. The van der Waals surface area contributed by atoms with E-state index in [1.54, 1.807) is 35.8 Å². The van der Waals surface area contributed by atoms with Gasteiger partial charge in [0, 0.05) is 29.9 Å². The van der Waals surface area contributed by atoms with Crippen molar-refractivity contribution < 1.29 is 14.6 Å². The maximum atomic E-state index is 12.2. The van der Waals surface area contributed by atoms with Gasteiger partial charge in [-0.05, 0) is 54.1 Å². The number of ether oxygens (including phenoxy) is 1. The third kappa shape index (κ3) is 6.18. The number of carbonyl (C=O) groups excluding carboxylic acids is 1. The number of halogens is 1. The molecule has 0 aromatic heterocycles. The number of hydrogen-bond acceptors (Lipinski definition) is 4. The van der Waals surface area contributed by atoms with Crippen molar-refractivity contribution in [1.82, 2.24) is 4.90 Å². The average molecular weight is 380 g/mol. The molecule has 0 unspecified atom stereocenters. The predicted octanol–water partition coefficient (Wildman–Crippen LogP) is 4.59. The lowest BCUT2D eigenvalue weighted by atomic mass is 10.2. The van der Waals surface area contributed by atoms with E-state index in [0.717, 1.165) is 27.7 Å². The third-order valence-electron chi connectivity index (χ3n) is 3.71. The van der Waals surface area contributed by atoms with Gasteiger partial charge in [-0.25, -0.2) is 0 Å². The fourth-order valence-corrected chi connectivity index (χ4v) is 3.31. The molecule has 0 aliphatic rings. The topological polar surface area (TPSA) is 49.8 Å². The average Bonchev–Trinajstić information content (AvgIpc) is 2.60. The van der Waals surface area contributed by atoms with E-state index in [9.17, 15) is 9.90 Å². The Bertz CT molecular complexity index is 706. The molecule has 2 aromatic carbocycles. The molecule has 0 atom stereocenters. The van der Waals surface area contributed by atoms with Gasteiger partial charge in [0.25, 0.3) is 0 Å². The van der Waals surface area contributed by atoms with Gasteiger partial charge >= 0.3 is 0 Å². The summed E-state index contributed by atoms with van der Waals surface area (Å²) in [6.07, 6.45) is 1.31. The van der Waals surface area contributed by atoms with Crippen LogP contribution in [0.3, 0.4) is 0 Å². The van der Waals surface area contributed by atoms with Crippen LogP contribution in [0.25, 0.3) is 0 Å². The zero-order chi connectivity index (χ0) is 18.2. The van der Waals surface area contributed by atoms with Crippen LogP contribution in [0.2, 0.25) is 5.02 Å². The van der Waals surface area contributed by atoms with Gasteiger partial charge in [0.15, 0.2) is 11.5 Å². The summed E-state index contributed by atoms with van der Waals surface area (Å²) in [5, 5.41) is 10.5. The Hall–Kier alpha value is -1.85. The van der Waals surface area contributed by atoms with Gasteiger partial charge in [-0.15, -0.1) is 11.8 Å². The van der Waals surface area contributed by atoms with Gasteiger partial charge in [-0.3, -0.25) is 4.79 Å². The number of aromatic hydroxyl groups is 1. The molecule has 1 N–H and O–H groups in total. The Morgan fingerprint density at radius 2 is 1.96 bits per heavy atom. The Morgan fingerprint density at radius 3 is 2.60 bits per heavy atom. The second-order valence-electron chi connectivity index (χ2n) is 5.66. The van der Waals surface area contributed by atoms with Crippen LogP contribution in [0.5, 0.6) is 11.5 Å². The Balaban J connectivity index is 1.74. The molecule has 0 saturated heterocycles. The van der Waals surface area contributed by atoms with Crippen LogP contribution in [0.4, 0.5) is 0 Å². The minimum Gasteiger partial charge on any atom is -0.504 e. The van der Waals surface area contributed by atoms with Gasteiger partial charge < -0.3 is 14.7 Å². The quantitative estimate of drug-likeness (QED) is 0.538. The van der Waals surface area contributed by atoms with Crippen molar-refractivity contribution in [3.05, 3.63) is 53.1 Å². The Morgan fingerprint density at radius 1 is 1.24 bits per heavy atom. The molecule has 2 aromatic rings. The Kier molecular flexibility index (Phi) is 7.47. The van der Waals surface area contributed by atoms with E-state index in [4.69, 9.17) is 16.3 Å². The summed E-state index contributed by atoms with van der Waals surface area (Å²) in [7, 11) is 3.28. The lowest BCUT2D eigenvalue weighted by Gasteiger charge is -2.17. The van der Waals surface area contributed by atoms with Gasteiger partial charge in [0.05, 0.1) is 7.11 Å². The van der Waals surface area contributed by atoms with Crippen molar-refractivity contribution in [2.75, 3.05) is 19.9 Å². The summed E-state index contributed by atoms with van der Waals surface area (Å²) in [6.45, 7) is 0.459. The van der Waals surface area contributed by atoms with Crippen LogP contribution >= 0.6 is 23.4 Å². The first-order valence-electron chi connectivity index (χ1n) is 7.98. The molecule has 0 fully saturated rings. The zero-order valence-corrected chi connectivity index (χ0v) is 15.9. The van der Waals surface area contributed by atoms with Crippen LogP contribution in [0.1, 0.15) is 18.4 Å². The van der Waals surface area contributed by atoms with E-state index in [-0.39, 0.29) is 11.7 Å². The van der Waals surface area contributed by atoms with E-state index >= 15 is 0 Å². The van der Waals surface area contributed by atoms with Crippen molar-refractivity contribution in [2.24, 2.45) is 0 Å². The fourth-order valence-electron chi connectivity index (χ4n) is 2.33. The number of rotatable bonds is 8. The number of phenols is 1. The number of nitrogens with zero attached hydrogens (tertiary/aromatic N) is 1. The van der Waals surface area contributed by atoms with Crippen LogP contribution in [0.15, 0.2) is 47.4 Å². The van der Waals surface area contributed by atoms with E-state index in [1.807, 2.05) is 30.3 Å². The second kappa shape index (κ2) is 9.59. The Labute approximate surface area is 157 Å². The molecule has 0 aliphatic heterocycles. The van der Waals surface area contributed by atoms with Crippen molar-refractivity contribution in [1.29, 1.82) is 0 Å². The van der Waals surface area contributed by atoms with Crippen molar-refractivity contribution >= 4 is 29.3 Å². The monoisotopic (exact) mass is 379 g/mol. The maximum absolute atomic E-state index is 12.2. The number of phenolic OH excluding ortho intramolecular Hbond substituents is 1. The summed E-state index contributed by atoms with van der Waals surface area (Å²) in [4.78, 5) is 15.1. The highest BCUT2D eigenvalue weighted by Gasteiger charge is 2.10. The van der Waals surface area contributed by atoms with Gasteiger partial charge in [-0.2, -0.15) is 0 Å². The number of hydrogen-bond donors (Lipinski definition) is 1. The molecule has 0 saturated carbocycles. The molecular formula is C19H22ClNO3S. The van der Waals surface area contributed by atoms with E-state index in [1.165, 1.54) is 7.11 Å². The van der Waals surface area contributed by atoms with E-state index in [2.05, 4.69) is 0 Å². The predicted molar refractivity (Wildman–Crippen MR) is 103 cm³/mol. The molecule has 0 heterocycles. The molecule has 2 rings (SSSR count). The van der Waals surface area contributed by atoms with Gasteiger partial charge in [-0.1, -0.05) is 17.7 Å². The summed E-state index contributed by atoms with van der Waals surface area (Å²) >= 11 is 7.58. The van der Waals surface area contributed by atoms with Crippen LogP contribution in [0, 0.1) is 0 Å². The number of benzene rings is 2. The highest BCUT2D eigenvalue weighted by molar-refractivity contribution is 7.99. The fraction of sp³-hybridized carbons (Fsp3) is 0.316. The van der Waals surface area contributed by atoms with Crippen LogP contribution in [-0.2, 0) is 11.3 Å². The molecule has 0 spiro atoms. The first-order valence-corrected chi connectivity index (χ1v) is 9.34. The zero-order valence-electron chi connectivity index (χ0n) is 14.4. The first-order chi connectivity index (χ1) is 12.0. The molecule has 4 nitrogen and oxygen atoms in total. The first kappa shape index (κ1) is 19.5. The lowest BCUT2D eigenvalue weighted by molar-refractivity contribution is -0.130.